The molecule has 1 N–H and O–H groups in total. The molecule has 2 fully saturated rings. The molecule has 2 unspecified atom stereocenters. The van der Waals surface area contributed by atoms with E-state index < -0.39 is 0 Å². The van der Waals surface area contributed by atoms with E-state index in [1.807, 2.05) is 29.9 Å². The van der Waals surface area contributed by atoms with Gasteiger partial charge in [0.15, 0.2) is 0 Å². The Morgan fingerprint density at radius 1 is 1.24 bits per heavy atom. The zero-order valence-electron chi connectivity index (χ0n) is 17.7. The summed E-state index contributed by atoms with van der Waals surface area (Å²) in [5.41, 5.74) is 6.45. The number of likely N-dealkylation sites (tertiary alicyclic amines) is 1. The highest BCUT2D eigenvalue weighted by Crippen LogP contribution is 2.30. The summed E-state index contributed by atoms with van der Waals surface area (Å²) in [6.07, 6.45) is 11.4. The molecule has 29 heavy (non-hydrogen) atoms. The molecule has 0 aliphatic carbocycles. The molecule has 5 nitrogen and oxygen atoms in total. The minimum Gasteiger partial charge on any atom is -0.374 e. The van der Waals surface area contributed by atoms with Crippen molar-refractivity contribution >= 4 is 5.70 Å². The average molecular weight is 390 g/mol. The first-order chi connectivity index (χ1) is 14.1. The summed E-state index contributed by atoms with van der Waals surface area (Å²) >= 11 is 0. The SMILES string of the molecule is C=C/C(=C\C=C(/C)N1CC2CCNCC2C1)n1cc(C)c(-c2cccnc2C)n1. The maximum absolute atomic E-state index is 4.83. The minimum absolute atomic E-state index is 0.786. The van der Waals surface area contributed by atoms with Crippen LogP contribution in [0.3, 0.4) is 0 Å². The number of hydrogen-bond acceptors (Lipinski definition) is 4. The topological polar surface area (TPSA) is 46.0 Å². The normalized spacial score (nSPS) is 22.7. The maximum atomic E-state index is 4.83. The van der Waals surface area contributed by atoms with Crippen LogP contribution in [-0.4, -0.2) is 45.8 Å². The summed E-state index contributed by atoms with van der Waals surface area (Å²) in [4.78, 5) is 6.93. The molecule has 2 atom stereocenters. The van der Waals surface area contributed by atoms with Gasteiger partial charge in [-0.05, 0) is 88.0 Å². The number of aromatic nitrogens is 3. The van der Waals surface area contributed by atoms with E-state index in [4.69, 9.17) is 5.10 Å². The molecule has 0 bridgehead atoms. The smallest absolute Gasteiger partial charge is 0.0974 e. The Balaban J connectivity index is 1.55. The summed E-state index contributed by atoms with van der Waals surface area (Å²) in [5, 5.41) is 8.37. The molecule has 0 aromatic carbocycles. The monoisotopic (exact) mass is 389 g/mol. The molecule has 0 amide bonds. The van der Waals surface area contributed by atoms with Crippen LogP contribution in [0.1, 0.15) is 24.6 Å². The lowest BCUT2D eigenvalue weighted by Gasteiger charge is -2.23. The molecule has 4 heterocycles. The number of pyridine rings is 1. The van der Waals surface area contributed by atoms with Crippen LogP contribution in [0.2, 0.25) is 0 Å². The van der Waals surface area contributed by atoms with Gasteiger partial charge in [-0.25, -0.2) is 4.68 Å². The number of nitrogens with one attached hydrogen (secondary N) is 1. The van der Waals surface area contributed by atoms with E-state index >= 15 is 0 Å². The standard InChI is InChI=1S/C24H31N5/c1-5-22(9-8-18(3)28-15-20-10-12-25-13-21(20)16-28)29-14-17(2)24(27-29)23-7-6-11-26-19(23)4/h5-9,11,14,20-21,25H,1,10,12-13,15-16H2,2-4H3/b18-8+,22-9+. The fourth-order valence-electron chi connectivity index (χ4n) is 4.50. The Labute approximate surface area is 173 Å². The van der Waals surface area contributed by atoms with Gasteiger partial charge in [0.2, 0.25) is 0 Å². The number of rotatable bonds is 5. The second kappa shape index (κ2) is 8.37. The fourth-order valence-corrected chi connectivity index (χ4v) is 4.50. The van der Waals surface area contributed by atoms with E-state index in [0.29, 0.717) is 0 Å². The number of nitrogens with zero attached hydrogens (tertiary/aromatic N) is 4. The molecule has 2 aliphatic rings. The molecule has 2 saturated heterocycles. The third-order valence-corrected chi connectivity index (χ3v) is 6.30. The third-order valence-electron chi connectivity index (χ3n) is 6.30. The number of fused-ring (bicyclic) bond motifs is 1. The second-order valence-corrected chi connectivity index (χ2v) is 8.26. The lowest BCUT2D eigenvalue weighted by molar-refractivity contribution is 0.318. The van der Waals surface area contributed by atoms with Crippen molar-refractivity contribution in [3.8, 4) is 11.3 Å². The van der Waals surface area contributed by atoms with E-state index in [1.165, 1.54) is 18.7 Å². The fraction of sp³-hybridized carbons (Fsp3) is 0.417. The predicted octanol–water partition coefficient (Wildman–Crippen LogP) is 4.03. The minimum atomic E-state index is 0.786. The van der Waals surface area contributed by atoms with Crippen molar-refractivity contribution in [2.24, 2.45) is 11.8 Å². The van der Waals surface area contributed by atoms with Crippen molar-refractivity contribution in [2.45, 2.75) is 27.2 Å². The second-order valence-electron chi connectivity index (χ2n) is 8.26. The summed E-state index contributed by atoms with van der Waals surface area (Å²) in [7, 11) is 0. The lowest BCUT2D eigenvalue weighted by Crippen LogP contribution is -2.35. The Kier molecular flexibility index (Phi) is 5.67. The van der Waals surface area contributed by atoms with Gasteiger partial charge in [0.1, 0.15) is 0 Å². The van der Waals surface area contributed by atoms with Gasteiger partial charge in [0.05, 0.1) is 11.4 Å². The van der Waals surface area contributed by atoms with Crippen molar-refractivity contribution < 1.29 is 0 Å². The lowest BCUT2D eigenvalue weighted by atomic mass is 9.90. The van der Waals surface area contributed by atoms with Gasteiger partial charge in [-0.1, -0.05) is 6.58 Å². The number of hydrogen-bond donors (Lipinski definition) is 1. The largest absolute Gasteiger partial charge is 0.374 e. The van der Waals surface area contributed by atoms with Gasteiger partial charge >= 0.3 is 0 Å². The van der Waals surface area contributed by atoms with Crippen molar-refractivity contribution in [3.63, 3.8) is 0 Å². The quantitative estimate of drug-likeness (QED) is 0.784. The number of allylic oxidation sites excluding steroid dienone is 5. The van der Waals surface area contributed by atoms with Crippen molar-refractivity contribution in [3.05, 3.63) is 66.3 Å². The van der Waals surface area contributed by atoms with Gasteiger partial charge in [-0.15, -0.1) is 0 Å². The van der Waals surface area contributed by atoms with E-state index in [-0.39, 0.29) is 0 Å². The average Bonchev–Trinajstić information content (AvgIpc) is 3.32. The highest BCUT2D eigenvalue weighted by Gasteiger charge is 2.34. The Bertz CT molecular complexity index is 938. The molecular formula is C24H31N5. The number of piperidine rings is 1. The molecule has 0 spiro atoms. The Hall–Kier alpha value is -2.66. The Morgan fingerprint density at radius 2 is 2.07 bits per heavy atom. The molecule has 0 radical (unpaired) electrons. The van der Waals surface area contributed by atoms with Gasteiger partial charge in [-0.2, -0.15) is 5.10 Å². The van der Waals surface area contributed by atoms with E-state index in [0.717, 1.165) is 59.7 Å². The van der Waals surface area contributed by atoms with Crippen LogP contribution in [0.15, 0.2) is 55.0 Å². The summed E-state index contributed by atoms with van der Waals surface area (Å²) in [6, 6.07) is 4.03. The van der Waals surface area contributed by atoms with Crippen LogP contribution in [0.25, 0.3) is 17.0 Å². The molecule has 4 rings (SSSR count). The predicted molar refractivity (Wildman–Crippen MR) is 119 cm³/mol. The van der Waals surface area contributed by atoms with Crippen molar-refractivity contribution in [1.29, 1.82) is 0 Å². The zero-order chi connectivity index (χ0) is 20.4. The Morgan fingerprint density at radius 3 is 2.83 bits per heavy atom. The molecule has 152 valence electrons. The van der Waals surface area contributed by atoms with Gasteiger partial charge in [0, 0.05) is 42.4 Å². The molecular weight excluding hydrogens is 358 g/mol. The van der Waals surface area contributed by atoms with E-state index in [9.17, 15) is 0 Å². The van der Waals surface area contributed by atoms with Crippen LogP contribution in [0.5, 0.6) is 0 Å². The van der Waals surface area contributed by atoms with Crippen LogP contribution in [0.4, 0.5) is 0 Å². The first kappa shape index (κ1) is 19.6. The van der Waals surface area contributed by atoms with Crippen molar-refractivity contribution in [2.75, 3.05) is 26.2 Å². The van der Waals surface area contributed by atoms with Crippen LogP contribution < -0.4 is 5.32 Å². The maximum Gasteiger partial charge on any atom is 0.0974 e. The molecule has 0 saturated carbocycles. The summed E-state index contributed by atoms with van der Waals surface area (Å²) in [5.74, 6) is 1.62. The molecule has 2 aromatic heterocycles. The highest BCUT2D eigenvalue weighted by molar-refractivity contribution is 5.67. The van der Waals surface area contributed by atoms with Crippen molar-refractivity contribution in [1.82, 2.24) is 25.0 Å². The molecule has 2 aromatic rings. The van der Waals surface area contributed by atoms with Gasteiger partial charge in [-0.3, -0.25) is 4.98 Å². The molecule has 5 heteroatoms. The number of aryl methyl sites for hydroxylation is 2. The first-order valence-electron chi connectivity index (χ1n) is 10.5. The van der Waals surface area contributed by atoms with Crippen LogP contribution in [0, 0.1) is 25.7 Å². The third kappa shape index (κ3) is 4.06. The zero-order valence-corrected chi connectivity index (χ0v) is 17.7. The summed E-state index contributed by atoms with van der Waals surface area (Å²) < 4.78 is 1.92. The summed E-state index contributed by atoms with van der Waals surface area (Å²) in [6.45, 7) is 15.0. The molecule has 2 aliphatic heterocycles. The van der Waals surface area contributed by atoms with Gasteiger partial charge in [0.25, 0.3) is 0 Å². The van der Waals surface area contributed by atoms with Crippen LogP contribution in [-0.2, 0) is 0 Å². The van der Waals surface area contributed by atoms with E-state index in [2.05, 4.69) is 60.0 Å². The van der Waals surface area contributed by atoms with Gasteiger partial charge < -0.3 is 10.2 Å². The van der Waals surface area contributed by atoms with Crippen LogP contribution >= 0.6 is 0 Å². The highest BCUT2D eigenvalue weighted by atomic mass is 15.3. The van der Waals surface area contributed by atoms with E-state index in [1.54, 1.807) is 0 Å². The first-order valence-corrected chi connectivity index (χ1v) is 10.5.